The smallest absolute Gasteiger partial charge is 0.319 e. The summed E-state index contributed by atoms with van der Waals surface area (Å²) in [7, 11) is 0. The van der Waals surface area contributed by atoms with Gasteiger partial charge in [0.15, 0.2) is 11.6 Å². The quantitative estimate of drug-likeness (QED) is 0.0920. The van der Waals surface area contributed by atoms with E-state index in [0.717, 1.165) is 25.5 Å². The highest BCUT2D eigenvalue weighted by Gasteiger charge is 2.49. The Kier molecular flexibility index (Phi) is 9.39. The number of nitrogens with zero attached hydrogens (tertiary/aromatic N) is 7. The van der Waals surface area contributed by atoms with Crippen molar-refractivity contribution in [3.63, 3.8) is 0 Å². The third-order valence-corrected chi connectivity index (χ3v) is 10.9. The molecule has 3 aliphatic rings. The van der Waals surface area contributed by atoms with Crippen molar-refractivity contribution >= 4 is 39.5 Å². The van der Waals surface area contributed by atoms with Gasteiger partial charge in [0.2, 0.25) is 0 Å². The van der Waals surface area contributed by atoms with Crippen molar-refractivity contribution in [1.29, 1.82) is 0 Å². The highest BCUT2D eigenvalue weighted by molar-refractivity contribution is 6.02. The fourth-order valence-electron chi connectivity index (χ4n) is 8.40. The van der Waals surface area contributed by atoms with Gasteiger partial charge in [-0.05, 0) is 56.3 Å². The molecule has 0 saturated carbocycles. The zero-order chi connectivity index (χ0) is 37.6. The first-order valence-corrected chi connectivity index (χ1v) is 18.1. The Morgan fingerprint density at radius 1 is 1.11 bits per heavy atom. The van der Waals surface area contributed by atoms with Crippen molar-refractivity contribution in [2.45, 2.75) is 50.4 Å². The average molecular weight is 736 g/mol. The second-order valence-electron chi connectivity index (χ2n) is 14.1. The molecule has 276 valence electrons. The Hall–Kier alpha value is -5.61. The van der Waals surface area contributed by atoms with Crippen molar-refractivity contribution < 1.29 is 27.1 Å². The van der Waals surface area contributed by atoms with Crippen LogP contribution in [0.1, 0.15) is 43.9 Å². The van der Waals surface area contributed by atoms with Gasteiger partial charge in [-0.25, -0.2) is 17.6 Å². The molecule has 3 fully saturated rings. The molecular weight excluding hydrogens is 698 g/mol. The number of alkyl halides is 1. The zero-order valence-corrected chi connectivity index (χ0v) is 29.6. The van der Waals surface area contributed by atoms with Crippen molar-refractivity contribution in [2.75, 3.05) is 44.2 Å². The van der Waals surface area contributed by atoms with E-state index in [1.165, 1.54) is 23.4 Å². The maximum Gasteiger partial charge on any atom is 0.319 e. The molecule has 9 nitrogen and oxygen atoms in total. The third-order valence-electron chi connectivity index (χ3n) is 10.9. The molecule has 1 unspecified atom stereocenters. The van der Waals surface area contributed by atoms with Gasteiger partial charge in [0.1, 0.15) is 35.6 Å². The Morgan fingerprint density at radius 2 is 1.98 bits per heavy atom. The molecule has 3 aliphatic heterocycles. The molecule has 3 saturated heterocycles. The molecule has 5 aromatic rings. The Morgan fingerprint density at radius 3 is 2.78 bits per heavy atom. The van der Waals surface area contributed by atoms with Crippen LogP contribution in [0.15, 0.2) is 66.8 Å². The van der Waals surface area contributed by atoms with Gasteiger partial charge < -0.3 is 14.5 Å². The largest absolute Gasteiger partial charge is 0.461 e. The van der Waals surface area contributed by atoms with E-state index in [1.807, 2.05) is 11.8 Å². The summed E-state index contributed by atoms with van der Waals surface area (Å²) < 4.78 is 68.0. The molecule has 2 aromatic carbocycles. The second kappa shape index (κ2) is 14.3. The number of terminal acetylenes is 1. The van der Waals surface area contributed by atoms with E-state index >= 15 is 8.78 Å². The molecule has 1 amide bonds. The van der Waals surface area contributed by atoms with Gasteiger partial charge in [0.25, 0.3) is 5.91 Å². The first-order chi connectivity index (χ1) is 26.2. The number of rotatable bonds is 9. The predicted molar refractivity (Wildman–Crippen MR) is 198 cm³/mol. The van der Waals surface area contributed by atoms with Crippen LogP contribution >= 0.6 is 0 Å². The number of anilines is 1. The topological polar surface area (TPSA) is 87.6 Å². The summed E-state index contributed by atoms with van der Waals surface area (Å²) in [6.07, 6.45) is 11.3. The third kappa shape index (κ3) is 6.28. The van der Waals surface area contributed by atoms with Crippen LogP contribution < -0.4 is 9.64 Å². The molecular formula is C41H37F4N7O2. The van der Waals surface area contributed by atoms with Gasteiger partial charge in [0, 0.05) is 68.1 Å². The summed E-state index contributed by atoms with van der Waals surface area (Å²) >= 11 is 0. The van der Waals surface area contributed by atoms with Crippen molar-refractivity contribution in [1.82, 2.24) is 29.7 Å². The SMILES string of the molecule is C#Cc1c(F)ccc2cccc(-c3ncc4c(N(CC)C5CCN(C(=O)/C(F)=C/c6ccccn6)C5)nc(OC[C@@]56CCCN5C[C@H](F)C6)nc4c3F)c12. The molecule has 13 heteroatoms. The number of carbonyl (C=O) groups is 1. The standard InChI is InChI=1S/C41H37F4N7O2/c1-3-29-32(43)13-12-25-9-7-11-30(34(25)29)36-35(45)37-31(21-47-36)38(49-40(48-37)54-24-41-15-8-17-51(41)22-26(42)20-41)52(4-2)28-14-18-50(23-28)39(53)33(44)19-27-10-5-6-16-46-27/h1,5-7,9-13,16,19,21,26,28H,4,8,14-15,17-18,20,22-24H2,2H3/b33-19-/t26-,28?,41+/m1/s1. The lowest BCUT2D eigenvalue weighted by molar-refractivity contribution is -0.127. The van der Waals surface area contributed by atoms with Gasteiger partial charge in [-0.3, -0.25) is 19.7 Å². The average Bonchev–Trinajstić information content (AvgIpc) is 3.89. The molecule has 0 bridgehead atoms. The van der Waals surface area contributed by atoms with Crippen LogP contribution in [0.3, 0.4) is 0 Å². The summed E-state index contributed by atoms with van der Waals surface area (Å²) in [6.45, 7) is 3.97. The molecule has 54 heavy (non-hydrogen) atoms. The highest BCUT2D eigenvalue weighted by Crippen LogP contribution is 2.41. The van der Waals surface area contributed by atoms with E-state index in [0.29, 0.717) is 53.8 Å². The number of amides is 1. The molecule has 0 aliphatic carbocycles. The van der Waals surface area contributed by atoms with Crippen LogP contribution in [0.25, 0.3) is 39.0 Å². The van der Waals surface area contributed by atoms with Gasteiger partial charge in [-0.15, -0.1) is 6.42 Å². The monoisotopic (exact) mass is 735 g/mol. The molecule has 6 heterocycles. The first-order valence-electron chi connectivity index (χ1n) is 18.1. The van der Waals surface area contributed by atoms with Gasteiger partial charge in [0.05, 0.1) is 22.2 Å². The van der Waals surface area contributed by atoms with Gasteiger partial charge in [-0.1, -0.05) is 36.3 Å². The van der Waals surface area contributed by atoms with E-state index in [4.69, 9.17) is 16.1 Å². The number of benzene rings is 2. The Balaban J connectivity index is 1.19. The maximum absolute atomic E-state index is 17.0. The molecule has 0 spiro atoms. The number of carbonyl (C=O) groups excluding carboxylic acids is 1. The van der Waals surface area contributed by atoms with Crippen LogP contribution in [0.4, 0.5) is 23.4 Å². The van der Waals surface area contributed by atoms with E-state index in [-0.39, 0.29) is 53.9 Å². The maximum atomic E-state index is 17.0. The number of halogens is 4. The van der Waals surface area contributed by atoms with E-state index in [1.54, 1.807) is 42.5 Å². The Labute approximate surface area is 309 Å². The molecule has 0 N–H and O–H groups in total. The van der Waals surface area contributed by atoms with E-state index < -0.39 is 35.1 Å². The number of fused-ring (bicyclic) bond motifs is 3. The lowest BCUT2D eigenvalue weighted by atomic mass is 9.95. The summed E-state index contributed by atoms with van der Waals surface area (Å²) in [4.78, 5) is 36.6. The van der Waals surface area contributed by atoms with Crippen LogP contribution in [0.2, 0.25) is 0 Å². The molecule has 8 rings (SSSR count). The molecule has 3 atom stereocenters. The fourth-order valence-corrected chi connectivity index (χ4v) is 8.40. The molecule has 3 aromatic heterocycles. The normalized spacial score (nSPS) is 21.5. The highest BCUT2D eigenvalue weighted by atomic mass is 19.1. The number of pyridine rings is 2. The van der Waals surface area contributed by atoms with Crippen molar-refractivity contribution in [2.24, 2.45) is 0 Å². The Bertz CT molecular complexity index is 2330. The van der Waals surface area contributed by atoms with Crippen LogP contribution in [-0.4, -0.2) is 92.7 Å². The van der Waals surface area contributed by atoms with Crippen LogP contribution in [0, 0.1) is 24.0 Å². The number of aromatic nitrogens is 4. The lowest BCUT2D eigenvalue weighted by Gasteiger charge is -2.32. The first kappa shape index (κ1) is 35.4. The number of likely N-dealkylation sites (N-methyl/N-ethyl adjacent to an activating group) is 1. The van der Waals surface area contributed by atoms with E-state index in [9.17, 15) is 13.6 Å². The summed E-state index contributed by atoms with van der Waals surface area (Å²) in [5.41, 5.74) is -0.0723. The van der Waals surface area contributed by atoms with Gasteiger partial charge in [-0.2, -0.15) is 9.97 Å². The molecule has 0 radical (unpaired) electrons. The lowest BCUT2D eigenvalue weighted by Crippen LogP contribution is -2.43. The summed E-state index contributed by atoms with van der Waals surface area (Å²) in [5.74, 6) is -0.355. The minimum Gasteiger partial charge on any atom is -0.461 e. The number of hydrogen-bond acceptors (Lipinski definition) is 8. The van der Waals surface area contributed by atoms with E-state index in [2.05, 4.69) is 25.8 Å². The summed E-state index contributed by atoms with van der Waals surface area (Å²) in [6, 6.07) is 12.6. The van der Waals surface area contributed by atoms with Crippen molar-refractivity contribution in [3.8, 4) is 29.6 Å². The van der Waals surface area contributed by atoms with Crippen LogP contribution in [0.5, 0.6) is 6.01 Å². The summed E-state index contributed by atoms with van der Waals surface area (Å²) in [5, 5.41) is 1.24. The number of likely N-dealkylation sites (tertiary alicyclic amines) is 1. The number of ether oxygens (including phenoxy) is 1. The minimum atomic E-state index is -0.973. The van der Waals surface area contributed by atoms with Crippen molar-refractivity contribution in [3.05, 3.63) is 89.6 Å². The minimum absolute atomic E-state index is 0.0105. The second-order valence-corrected chi connectivity index (χ2v) is 14.1. The predicted octanol–water partition coefficient (Wildman–Crippen LogP) is 6.89. The zero-order valence-electron chi connectivity index (χ0n) is 29.6. The van der Waals surface area contributed by atoms with Gasteiger partial charge >= 0.3 is 6.01 Å². The fraction of sp³-hybridized carbons (Fsp3) is 0.341. The van der Waals surface area contributed by atoms with Crippen LogP contribution in [-0.2, 0) is 4.79 Å². The number of hydrogen-bond donors (Lipinski definition) is 0.